The number of hydrogen-bond acceptors (Lipinski definition) is 5. The van der Waals surface area contributed by atoms with Gasteiger partial charge >= 0.3 is 5.97 Å². The maximum atomic E-state index is 13.9. The van der Waals surface area contributed by atoms with Crippen LogP contribution in [0.2, 0.25) is 10.0 Å². The average Bonchev–Trinajstić information content (AvgIpc) is 3.34. The van der Waals surface area contributed by atoms with E-state index in [1.807, 2.05) is 12.1 Å². The Morgan fingerprint density at radius 1 is 0.912 bits per heavy atom. The van der Waals surface area contributed by atoms with Crippen molar-refractivity contribution >= 4 is 46.7 Å². The summed E-state index contributed by atoms with van der Waals surface area (Å²) in [5, 5.41) is 4.30. The van der Waals surface area contributed by atoms with Crippen molar-refractivity contribution in [3.05, 3.63) is 100 Å². The van der Waals surface area contributed by atoms with Crippen molar-refractivity contribution in [3.63, 3.8) is 0 Å². The quantitative estimate of drug-likeness (QED) is 0.426. The lowest BCUT2D eigenvalue weighted by molar-refractivity contribution is -0.152. The van der Waals surface area contributed by atoms with Crippen LogP contribution in [0.1, 0.15) is 17.2 Å². The average molecular weight is 495 g/mol. The van der Waals surface area contributed by atoms with Gasteiger partial charge < -0.3 is 4.74 Å². The van der Waals surface area contributed by atoms with Gasteiger partial charge in [0.1, 0.15) is 0 Å². The first-order valence-corrected chi connectivity index (χ1v) is 11.4. The SMILES string of the molecule is COC(=O)[C@@]1(c2ccccc2)N[C@H](c2cccc(Cl)c2)[C@@H]2C(=O)N(c3ccc(Cl)cc3)C(=O)[C@@H]21. The zero-order valence-corrected chi connectivity index (χ0v) is 19.6. The molecule has 0 aliphatic carbocycles. The van der Waals surface area contributed by atoms with Gasteiger partial charge in [0.15, 0.2) is 5.54 Å². The summed E-state index contributed by atoms with van der Waals surface area (Å²) in [4.78, 5) is 42.4. The van der Waals surface area contributed by atoms with E-state index in [0.29, 0.717) is 26.9 Å². The van der Waals surface area contributed by atoms with Gasteiger partial charge in [-0.2, -0.15) is 0 Å². The Morgan fingerprint density at radius 2 is 1.62 bits per heavy atom. The van der Waals surface area contributed by atoms with Gasteiger partial charge in [-0.1, -0.05) is 65.7 Å². The van der Waals surface area contributed by atoms with E-state index >= 15 is 0 Å². The summed E-state index contributed by atoms with van der Waals surface area (Å²) in [7, 11) is 1.27. The van der Waals surface area contributed by atoms with E-state index in [9.17, 15) is 14.4 Å². The van der Waals surface area contributed by atoms with E-state index in [1.165, 1.54) is 7.11 Å². The van der Waals surface area contributed by atoms with Crippen LogP contribution < -0.4 is 10.2 Å². The van der Waals surface area contributed by atoms with Gasteiger partial charge in [-0.15, -0.1) is 0 Å². The summed E-state index contributed by atoms with van der Waals surface area (Å²) >= 11 is 12.3. The molecule has 8 heteroatoms. The fraction of sp³-hybridized carbons (Fsp3) is 0.192. The molecule has 2 fully saturated rings. The number of imide groups is 1. The van der Waals surface area contributed by atoms with E-state index in [-0.39, 0.29) is 0 Å². The van der Waals surface area contributed by atoms with Gasteiger partial charge in [-0.25, -0.2) is 9.69 Å². The number of carbonyl (C=O) groups excluding carboxylic acids is 3. The number of nitrogens with one attached hydrogen (secondary N) is 1. The Bertz CT molecular complexity index is 1280. The summed E-state index contributed by atoms with van der Waals surface area (Å²) in [6.07, 6.45) is 0. The Kier molecular flexibility index (Phi) is 5.68. The predicted molar refractivity (Wildman–Crippen MR) is 128 cm³/mol. The van der Waals surface area contributed by atoms with Crippen molar-refractivity contribution in [1.82, 2.24) is 5.32 Å². The van der Waals surface area contributed by atoms with Crippen molar-refractivity contribution in [3.8, 4) is 0 Å². The van der Waals surface area contributed by atoms with Crippen LogP contribution in [0, 0.1) is 11.8 Å². The highest BCUT2D eigenvalue weighted by Gasteiger charge is 2.69. The van der Waals surface area contributed by atoms with E-state index < -0.39 is 41.2 Å². The molecule has 2 heterocycles. The predicted octanol–water partition coefficient (Wildman–Crippen LogP) is 4.51. The van der Waals surface area contributed by atoms with Crippen molar-refractivity contribution in [1.29, 1.82) is 0 Å². The van der Waals surface area contributed by atoms with E-state index in [0.717, 1.165) is 4.90 Å². The lowest BCUT2D eigenvalue weighted by Crippen LogP contribution is -2.53. The minimum atomic E-state index is -1.57. The molecule has 34 heavy (non-hydrogen) atoms. The topological polar surface area (TPSA) is 75.7 Å². The molecule has 0 bridgehead atoms. The summed E-state index contributed by atoms with van der Waals surface area (Å²) in [6.45, 7) is 0. The Labute approximate surface area is 206 Å². The van der Waals surface area contributed by atoms with Crippen LogP contribution in [0.25, 0.3) is 0 Å². The number of nitrogens with zero attached hydrogens (tertiary/aromatic N) is 1. The first kappa shape index (κ1) is 22.6. The normalized spacial score (nSPS) is 26.0. The first-order valence-electron chi connectivity index (χ1n) is 10.7. The largest absolute Gasteiger partial charge is 0.467 e. The summed E-state index contributed by atoms with van der Waals surface area (Å²) in [6, 6.07) is 21.7. The molecule has 0 spiro atoms. The molecule has 1 N–H and O–H groups in total. The second-order valence-electron chi connectivity index (χ2n) is 8.33. The minimum Gasteiger partial charge on any atom is -0.467 e. The van der Waals surface area contributed by atoms with Crippen LogP contribution in [0.15, 0.2) is 78.9 Å². The molecule has 0 aromatic heterocycles. The van der Waals surface area contributed by atoms with E-state index in [2.05, 4.69) is 5.32 Å². The molecule has 0 saturated carbocycles. The molecule has 5 rings (SSSR count). The van der Waals surface area contributed by atoms with Crippen LogP contribution in [-0.4, -0.2) is 24.9 Å². The van der Waals surface area contributed by atoms with Crippen molar-refractivity contribution < 1.29 is 19.1 Å². The van der Waals surface area contributed by atoms with Crippen molar-refractivity contribution in [2.75, 3.05) is 12.0 Å². The number of rotatable bonds is 4. The number of benzene rings is 3. The molecule has 0 radical (unpaired) electrons. The number of methoxy groups -OCH3 is 1. The molecule has 2 saturated heterocycles. The Morgan fingerprint density at radius 3 is 2.26 bits per heavy atom. The zero-order valence-electron chi connectivity index (χ0n) is 18.1. The number of amides is 2. The molecule has 3 aromatic rings. The van der Waals surface area contributed by atoms with Crippen LogP contribution >= 0.6 is 23.2 Å². The third-order valence-corrected chi connectivity index (χ3v) is 7.08. The first-order chi connectivity index (χ1) is 16.4. The zero-order chi connectivity index (χ0) is 24.0. The van der Waals surface area contributed by atoms with Crippen LogP contribution in [-0.2, 0) is 24.7 Å². The molecule has 0 unspecified atom stereocenters. The van der Waals surface area contributed by atoms with E-state index in [1.54, 1.807) is 66.7 Å². The van der Waals surface area contributed by atoms with Crippen molar-refractivity contribution in [2.45, 2.75) is 11.6 Å². The van der Waals surface area contributed by atoms with Gasteiger partial charge in [0.05, 0.1) is 24.6 Å². The molecule has 2 amide bonds. The van der Waals surface area contributed by atoms with Crippen molar-refractivity contribution in [2.24, 2.45) is 11.8 Å². The molecular weight excluding hydrogens is 475 g/mol. The second-order valence-corrected chi connectivity index (χ2v) is 9.21. The summed E-state index contributed by atoms with van der Waals surface area (Å²) < 4.78 is 5.22. The molecule has 4 atom stereocenters. The fourth-order valence-electron chi connectivity index (χ4n) is 5.17. The second kappa shape index (κ2) is 8.55. The van der Waals surface area contributed by atoms with Crippen LogP contribution in [0.3, 0.4) is 0 Å². The van der Waals surface area contributed by atoms with Gasteiger partial charge in [-0.3, -0.25) is 14.9 Å². The highest BCUT2D eigenvalue weighted by Crippen LogP contribution is 2.54. The molecule has 2 aliphatic heterocycles. The van der Waals surface area contributed by atoms with Gasteiger partial charge in [-0.05, 0) is 47.5 Å². The number of halogens is 2. The number of carbonyl (C=O) groups is 3. The number of hydrogen-bond donors (Lipinski definition) is 1. The highest BCUT2D eigenvalue weighted by molar-refractivity contribution is 6.31. The maximum Gasteiger partial charge on any atom is 0.331 e. The third kappa shape index (κ3) is 3.33. The summed E-state index contributed by atoms with van der Waals surface area (Å²) in [5.41, 5.74) is 0.0657. The number of anilines is 1. The molecule has 172 valence electrons. The van der Waals surface area contributed by atoms with Crippen LogP contribution in [0.4, 0.5) is 5.69 Å². The van der Waals surface area contributed by atoms with Gasteiger partial charge in [0, 0.05) is 16.1 Å². The monoisotopic (exact) mass is 494 g/mol. The molecule has 3 aromatic carbocycles. The van der Waals surface area contributed by atoms with Crippen LogP contribution in [0.5, 0.6) is 0 Å². The molecule has 2 aliphatic rings. The number of ether oxygens (including phenoxy) is 1. The lowest BCUT2D eigenvalue weighted by Gasteiger charge is -2.33. The number of fused-ring (bicyclic) bond motifs is 1. The number of esters is 1. The highest BCUT2D eigenvalue weighted by atomic mass is 35.5. The molecular formula is C26H20Cl2N2O4. The maximum absolute atomic E-state index is 13.9. The Balaban J connectivity index is 1.73. The fourth-order valence-corrected chi connectivity index (χ4v) is 5.50. The standard InChI is InChI=1S/C26H20Cl2N2O4/c1-34-25(33)26(16-7-3-2-4-8-16)21-20(22(29-26)15-6-5-9-18(28)14-15)23(31)30(24(21)32)19-12-10-17(27)11-13-19/h2-14,20-22,29H,1H3/t20-,21-,22-,26+/m1/s1. The smallest absolute Gasteiger partial charge is 0.331 e. The third-order valence-electron chi connectivity index (χ3n) is 6.59. The summed E-state index contributed by atoms with van der Waals surface area (Å²) in [5.74, 6) is -3.42. The Hall–Kier alpha value is -3.19. The lowest BCUT2D eigenvalue weighted by atomic mass is 9.75. The van der Waals surface area contributed by atoms with Gasteiger partial charge in [0.25, 0.3) is 0 Å². The minimum absolute atomic E-state index is 0.394. The molecule has 6 nitrogen and oxygen atoms in total. The van der Waals surface area contributed by atoms with Gasteiger partial charge in [0.2, 0.25) is 11.8 Å². The van der Waals surface area contributed by atoms with E-state index in [4.69, 9.17) is 27.9 Å².